The van der Waals surface area contributed by atoms with E-state index in [1.807, 2.05) is 18.2 Å². The van der Waals surface area contributed by atoms with Crippen LogP contribution < -0.4 is 14.8 Å². The van der Waals surface area contributed by atoms with Gasteiger partial charge in [0, 0.05) is 38.3 Å². The Kier molecular flexibility index (Phi) is 5.07. The van der Waals surface area contributed by atoms with E-state index in [4.69, 9.17) is 9.47 Å². The van der Waals surface area contributed by atoms with Gasteiger partial charge < -0.3 is 19.7 Å². The van der Waals surface area contributed by atoms with Crippen LogP contribution in [-0.2, 0) is 11.3 Å². The number of carbonyl (C=O) groups is 1. The molecule has 0 aromatic heterocycles. The summed E-state index contributed by atoms with van der Waals surface area (Å²) in [6.45, 7) is 2.51. The number of nitrogens with one attached hydrogen (secondary N) is 1. The molecule has 1 saturated carbocycles. The van der Waals surface area contributed by atoms with E-state index in [1.54, 1.807) is 28.1 Å². The summed E-state index contributed by atoms with van der Waals surface area (Å²) in [6, 6.07) is 6.36. The molecule has 1 unspecified atom stereocenters. The fourth-order valence-corrected chi connectivity index (χ4v) is 2.06. The molecule has 1 fully saturated rings. The second-order valence-electron chi connectivity index (χ2n) is 5.62. The lowest BCUT2D eigenvalue weighted by Crippen LogP contribution is -2.35. The molecular weight excluding hydrogens is 268 g/mol. The SMILES string of the molecule is COc1ccc(CNC2CC2)c(OC(C)C(=O)N(C)C)c1. The molecule has 0 spiro atoms. The lowest BCUT2D eigenvalue weighted by molar-refractivity contribution is -0.135. The number of carbonyl (C=O) groups excluding carboxylic acids is 1. The van der Waals surface area contributed by atoms with Crippen LogP contribution in [0.1, 0.15) is 25.3 Å². The van der Waals surface area contributed by atoms with Crippen molar-refractivity contribution in [2.45, 2.75) is 38.5 Å². The van der Waals surface area contributed by atoms with Crippen molar-refractivity contribution < 1.29 is 14.3 Å². The topological polar surface area (TPSA) is 50.8 Å². The molecule has 1 amide bonds. The molecule has 0 heterocycles. The number of likely N-dealkylation sites (N-methyl/N-ethyl adjacent to an activating group) is 1. The highest BCUT2D eigenvalue weighted by molar-refractivity contribution is 5.80. The molecule has 21 heavy (non-hydrogen) atoms. The van der Waals surface area contributed by atoms with Crippen LogP contribution in [-0.4, -0.2) is 44.2 Å². The molecule has 0 aliphatic heterocycles. The highest BCUT2D eigenvalue weighted by Gasteiger charge is 2.22. The molecule has 1 atom stereocenters. The largest absolute Gasteiger partial charge is 0.497 e. The molecule has 2 rings (SSSR count). The van der Waals surface area contributed by atoms with E-state index in [1.165, 1.54) is 17.7 Å². The Morgan fingerprint density at radius 3 is 2.71 bits per heavy atom. The van der Waals surface area contributed by atoms with E-state index < -0.39 is 6.10 Å². The van der Waals surface area contributed by atoms with Crippen LogP contribution in [0.5, 0.6) is 11.5 Å². The van der Waals surface area contributed by atoms with Gasteiger partial charge in [-0.25, -0.2) is 0 Å². The number of rotatable bonds is 7. The zero-order valence-electron chi connectivity index (χ0n) is 13.2. The second kappa shape index (κ2) is 6.80. The fraction of sp³-hybridized carbons (Fsp3) is 0.562. The highest BCUT2D eigenvalue weighted by atomic mass is 16.5. The summed E-state index contributed by atoms with van der Waals surface area (Å²) in [7, 11) is 5.07. The predicted octanol–water partition coefficient (Wildman–Crippen LogP) is 1.80. The molecule has 0 saturated heterocycles. The number of methoxy groups -OCH3 is 1. The summed E-state index contributed by atoms with van der Waals surface area (Å²) in [5.74, 6) is 1.37. The van der Waals surface area contributed by atoms with Crippen LogP contribution in [0.3, 0.4) is 0 Å². The molecular formula is C16H24N2O3. The van der Waals surface area contributed by atoms with Crippen molar-refractivity contribution in [3.05, 3.63) is 23.8 Å². The van der Waals surface area contributed by atoms with Gasteiger partial charge in [-0.1, -0.05) is 6.07 Å². The van der Waals surface area contributed by atoms with Gasteiger partial charge in [0.05, 0.1) is 7.11 Å². The molecule has 0 bridgehead atoms. The van der Waals surface area contributed by atoms with Gasteiger partial charge in [0.15, 0.2) is 6.10 Å². The van der Waals surface area contributed by atoms with Crippen LogP contribution in [0.25, 0.3) is 0 Å². The summed E-state index contributed by atoms with van der Waals surface area (Å²) in [6.07, 6.45) is 1.95. The summed E-state index contributed by atoms with van der Waals surface area (Å²) in [5.41, 5.74) is 1.04. The van der Waals surface area contributed by atoms with E-state index >= 15 is 0 Å². The number of benzene rings is 1. The minimum Gasteiger partial charge on any atom is -0.497 e. The van der Waals surface area contributed by atoms with E-state index in [0.29, 0.717) is 11.8 Å². The Bertz CT molecular complexity index is 498. The highest BCUT2D eigenvalue weighted by Crippen LogP contribution is 2.27. The maximum absolute atomic E-state index is 11.9. The fourth-order valence-electron chi connectivity index (χ4n) is 2.06. The Balaban J connectivity index is 2.11. The van der Waals surface area contributed by atoms with Gasteiger partial charge in [-0.05, 0) is 25.8 Å². The van der Waals surface area contributed by atoms with E-state index in [-0.39, 0.29) is 5.91 Å². The first-order valence-corrected chi connectivity index (χ1v) is 7.29. The average molecular weight is 292 g/mol. The van der Waals surface area contributed by atoms with Gasteiger partial charge >= 0.3 is 0 Å². The zero-order chi connectivity index (χ0) is 15.4. The van der Waals surface area contributed by atoms with Gasteiger partial charge in [-0.3, -0.25) is 4.79 Å². The van der Waals surface area contributed by atoms with E-state index in [0.717, 1.165) is 17.9 Å². The quantitative estimate of drug-likeness (QED) is 0.832. The third kappa shape index (κ3) is 4.36. The molecule has 1 aliphatic rings. The van der Waals surface area contributed by atoms with Crippen molar-refractivity contribution in [1.29, 1.82) is 0 Å². The zero-order valence-corrected chi connectivity index (χ0v) is 13.2. The normalized spacial score (nSPS) is 15.4. The number of amides is 1. The van der Waals surface area contributed by atoms with Gasteiger partial charge in [-0.15, -0.1) is 0 Å². The van der Waals surface area contributed by atoms with Crippen molar-refractivity contribution in [3.8, 4) is 11.5 Å². The van der Waals surface area contributed by atoms with Crippen LogP contribution in [0.2, 0.25) is 0 Å². The first kappa shape index (κ1) is 15.6. The van der Waals surface area contributed by atoms with Crippen molar-refractivity contribution in [3.63, 3.8) is 0 Å². The summed E-state index contributed by atoms with van der Waals surface area (Å²) in [4.78, 5) is 13.5. The standard InChI is InChI=1S/C16H24N2O3/c1-11(16(19)18(2)3)21-15-9-14(20-4)8-5-12(15)10-17-13-6-7-13/h5,8-9,11,13,17H,6-7,10H2,1-4H3. The number of hydrogen-bond donors (Lipinski definition) is 1. The minimum atomic E-state index is -0.521. The second-order valence-corrected chi connectivity index (χ2v) is 5.62. The molecule has 1 N–H and O–H groups in total. The Hall–Kier alpha value is -1.75. The van der Waals surface area contributed by atoms with Crippen molar-refractivity contribution in [2.75, 3.05) is 21.2 Å². The smallest absolute Gasteiger partial charge is 0.262 e. The number of ether oxygens (including phenoxy) is 2. The maximum atomic E-state index is 11.9. The summed E-state index contributed by atoms with van der Waals surface area (Å²) in [5, 5.41) is 3.46. The van der Waals surface area contributed by atoms with Gasteiger partial charge in [0.2, 0.25) is 0 Å². The average Bonchev–Trinajstić information content (AvgIpc) is 3.28. The summed E-state index contributed by atoms with van der Waals surface area (Å²) >= 11 is 0. The van der Waals surface area contributed by atoms with Crippen LogP contribution in [0.15, 0.2) is 18.2 Å². The van der Waals surface area contributed by atoms with Crippen LogP contribution in [0.4, 0.5) is 0 Å². The lowest BCUT2D eigenvalue weighted by atomic mass is 10.2. The van der Waals surface area contributed by atoms with Gasteiger partial charge in [-0.2, -0.15) is 0 Å². The maximum Gasteiger partial charge on any atom is 0.262 e. The van der Waals surface area contributed by atoms with Gasteiger partial charge in [0.1, 0.15) is 11.5 Å². The molecule has 5 nitrogen and oxygen atoms in total. The van der Waals surface area contributed by atoms with E-state index in [9.17, 15) is 4.79 Å². The molecule has 1 aliphatic carbocycles. The number of hydrogen-bond acceptors (Lipinski definition) is 4. The van der Waals surface area contributed by atoms with Gasteiger partial charge in [0.25, 0.3) is 5.91 Å². The Labute approximate surface area is 126 Å². The van der Waals surface area contributed by atoms with E-state index in [2.05, 4.69) is 5.32 Å². The minimum absolute atomic E-state index is 0.0566. The predicted molar refractivity (Wildman–Crippen MR) is 81.6 cm³/mol. The first-order valence-electron chi connectivity index (χ1n) is 7.29. The Morgan fingerprint density at radius 1 is 1.43 bits per heavy atom. The molecule has 1 aromatic carbocycles. The molecule has 0 radical (unpaired) electrons. The van der Waals surface area contributed by atoms with Crippen molar-refractivity contribution >= 4 is 5.91 Å². The van der Waals surface area contributed by atoms with Crippen molar-refractivity contribution in [1.82, 2.24) is 10.2 Å². The lowest BCUT2D eigenvalue weighted by Gasteiger charge is -2.20. The van der Waals surface area contributed by atoms with Crippen molar-refractivity contribution in [2.24, 2.45) is 0 Å². The first-order chi connectivity index (χ1) is 10.0. The summed E-state index contributed by atoms with van der Waals surface area (Å²) < 4.78 is 11.1. The van der Waals surface area contributed by atoms with Crippen LogP contribution >= 0.6 is 0 Å². The number of nitrogens with zero attached hydrogens (tertiary/aromatic N) is 1. The third-order valence-corrected chi connectivity index (χ3v) is 3.53. The molecule has 116 valence electrons. The van der Waals surface area contributed by atoms with Crippen LogP contribution in [0, 0.1) is 0 Å². The monoisotopic (exact) mass is 292 g/mol. The molecule has 5 heteroatoms. The Morgan fingerprint density at radius 2 is 2.14 bits per heavy atom. The molecule has 1 aromatic rings. The third-order valence-electron chi connectivity index (χ3n) is 3.53.